The van der Waals surface area contributed by atoms with Gasteiger partial charge in [0.15, 0.2) is 0 Å². The van der Waals surface area contributed by atoms with E-state index < -0.39 is 18.0 Å². The van der Waals surface area contributed by atoms with Gasteiger partial charge in [0, 0.05) is 37.0 Å². The Balaban J connectivity index is 1.43. The molecule has 0 atom stereocenters. The van der Waals surface area contributed by atoms with E-state index in [1.54, 1.807) is 22.6 Å². The first kappa shape index (κ1) is 24.0. The number of carbonyl (C=O) groups excluding carboxylic acids is 1. The third-order valence-electron chi connectivity index (χ3n) is 5.91. The van der Waals surface area contributed by atoms with Crippen LogP contribution in [0.4, 0.5) is 23.4 Å². The molecule has 0 spiro atoms. The van der Waals surface area contributed by atoms with E-state index in [4.69, 9.17) is 10.5 Å². The predicted octanol–water partition coefficient (Wildman–Crippen LogP) is 4.22. The highest BCUT2D eigenvalue weighted by Crippen LogP contribution is 2.31. The van der Waals surface area contributed by atoms with Crippen molar-refractivity contribution < 1.29 is 27.1 Å². The number of benzene rings is 2. The second-order valence-corrected chi connectivity index (χ2v) is 8.30. The van der Waals surface area contributed by atoms with E-state index >= 15 is 0 Å². The molecule has 0 aliphatic rings. The first-order chi connectivity index (χ1) is 17.6. The molecule has 0 unspecified atom stereocenters. The normalized spacial score (nSPS) is 11.8. The molecule has 0 fully saturated rings. The fourth-order valence-electron chi connectivity index (χ4n) is 4.06. The average Bonchev–Trinajstić information content (AvgIpc) is 3.54. The lowest BCUT2D eigenvalue weighted by molar-refractivity contribution is -0.212. The molecule has 0 bridgehead atoms. The van der Waals surface area contributed by atoms with Crippen LogP contribution in [0.25, 0.3) is 27.7 Å². The van der Waals surface area contributed by atoms with Crippen LogP contribution in [0.5, 0.6) is 5.75 Å². The summed E-state index contributed by atoms with van der Waals surface area (Å²) < 4.78 is 60.5. The van der Waals surface area contributed by atoms with Crippen LogP contribution in [-0.4, -0.2) is 49.1 Å². The van der Waals surface area contributed by atoms with Crippen LogP contribution >= 0.6 is 0 Å². The van der Waals surface area contributed by atoms with E-state index in [2.05, 4.69) is 15.1 Å². The summed E-state index contributed by atoms with van der Waals surface area (Å²) in [6.07, 6.45) is 0.348. The summed E-state index contributed by atoms with van der Waals surface area (Å²) in [5, 5.41) is 3.34. The maximum absolute atomic E-state index is 14.9. The van der Waals surface area contributed by atoms with Crippen LogP contribution in [0.3, 0.4) is 0 Å². The van der Waals surface area contributed by atoms with Crippen molar-refractivity contribution in [2.45, 2.75) is 12.8 Å². The van der Waals surface area contributed by atoms with Crippen molar-refractivity contribution in [2.24, 2.45) is 0 Å². The third kappa shape index (κ3) is 4.28. The number of nitrogens with zero attached hydrogens (tertiary/aromatic N) is 6. The zero-order chi connectivity index (χ0) is 26.5. The number of methoxy groups -OCH3 is 1. The van der Waals surface area contributed by atoms with E-state index in [1.807, 2.05) is 0 Å². The molecule has 5 aromatic rings. The largest absolute Gasteiger partial charge is 0.504 e. The number of fused-ring (bicyclic) bond motifs is 3. The number of nitrogens with two attached hydrogens (primary N) is 1. The molecule has 2 N–H and O–H groups in total. The quantitative estimate of drug-likeness (QED) is 0.353. The van der Waals surface area contributed by atoms with E-state index in [1.165, 1.54) is 37.6 Å². The van der Waals surface area contributed by atoms with Crippen molar-refractivity contribution in [3.05, 3.63) is 72.2 Å². The van der Waals surface area contributed by atoms with E-state index in [0.29, 0.717) is 27.9 Å². The highest BCUT2D eigenvalue weighted by Gasteiger charge is 2.31. The second-order valence-electron chi connectivity index (χ2n) is 8.30. The van der Waals surface area contributed by atoms with Crippen molar-refractivity contribution in [1.82, 2.24) is 29.0 Å². The molecule has 0 radical (unpaired) electrons. The lowest BCUT2D eigenvalue weighted by Gasteiger charge is -2.20. The number of imidazole rings is 1. The van der Waals surface area contributed by atoms with Crippen LogP contribution in [-0.2, 0) is 12.8 Å². The molecule has 190 valence electrons. The zero-order valence-electron chi connectivity index (χ0n) is 19.5. The van der Waals surface area contributed by atoms with Crippen molar-refractivity contribution in [2.75, 3.05) is 19.9 Å². The second kappa shape index (κ2) is 8.76. The van der Waals surface area contributed by atoms with Gasteiger partial charge in [-0.3, -0.25) is 9.20 Å². The van der Waals surface area contributed by atoms with Crippen LogP contribution in [0.1, 0.15) is 15.9 Å². The van der Waals surface area contributed by atoms with Gasteiger partial charge < -0.3 is 15.4 Å². The maximum atomic E-state index is 14.9. The Hall–Kier alpha value is -4.68. The summed E-state index contributed by atoms with van der Waals surface area (Å²) in [6.45, 7) is 0.0437. The summed E-state index contributed by atoms with van der Waals surface area (Å²) in [5.41, 5.74) is 8.24. The van der Waals surface area contributed by atoms with Gasteiger partial charge in [-0.05, 0) is 17.7 Å². The number of hydrogen-bond donors (Lipinski definition) is 1. The fraction of sp³-hybridized carbons (Fsp3) is 0.167. The molecule has 3 heterocycles. The summed E-state index contributed by atoms with van der Waals surface area (Å²) in [5.74, 6) is -0.834. The van der Waals surface area contributed by atoms with Crippen LogP contribution < -0.4 is 10.5 Å². The van der Waals surface area contributed by atoms with Gasteiger partial charge in [0.05, 0.1) is 42.4 Å². The van der Waals surface area contributed by atoms with E-state index in [-0.39, 0.29) is 33.7 Å². The number of aromatic nitrogens is 5. The van der Waals surface area contributed by atoms with Gasteiger partial charge in [0.25, 0.3) is 5.91 Å². The van der Waals surface area contributed by atoms with Gasteiger partial charge in [-0.2, -0.15) is 9.78 Å². The van der Waals surface area contributed by atoms with Gasteiger partial charge in [-0.15, -0.1) is 13.2 Å². The molecule has 1 amide bonds. The number of nitrogen functional groups attached to an aromatic ring is 1. The lowest BCUT2D eigenvalue weighted by Crippen LogP contribution is -2.27. The van der Waals surface area contributed by atoms with Crippen molar-refractivity contribution in [3.63, 3.8) is 0 Å². The Morgan fingerprint density at radius 2 is 1.92 bits per heavy atom. The van der Waals surface area contributed by atoms with E-state index in [9.17, 15) is 22.4 Å². The molecule has 13 heteroatoms. The molecule has 0 saturated heterocycles. The number of carbonyl (C=O) groups is 1. The minimum atomic E-state index is -4.63. The Morgan fingerprint density at radius 1 is 1.14 bits per heavy atom. The van der Waals surface area contributed by atoms with E-state index in [0.717, 1.165) is 18.5 Å². The monoisotopic (exact) mass is 513 g/mol. The van der Waals surface area contributed by atoms with Gasteiger partial charge in [-0.25, -0.2) is 14.4 Å². The molecule has 2 aromatic carbocycles. The number of anilines is 1. The summed E-state index contributed by atoms with van der Waals surface area (Å²) in [6, 6.07) is 7.30. The highest BCUT2D eigenvalue weighted by atomic mass is 19.4. The van der Waals surface area contributed by atoms with Crippen LogP contribution in [0, 0.1) is 5.82 Å². The fourth-order valence-corrected chi connectivity index (χ4v) is 4.06. The molecule has 0 aliphatic carbocycles. The Labute approximate surface area is 206 Å². The summed E-state index contributed by atoms with van der Waals surface area (Å²) >= 11 is 0. The molecule has 37 heavy (non-hydrogen) atoms. The van der Waals surface area contributed by atoms with Crippen molar-refractivity contribution in [3.8, 4) is 16.9 Å². The Morgan fingerprint density at radius 3 is 2.62 bits per heavy atom. The maximum Gasteiger partial charge on any atom is 0.504 e. The van der Waals surface area contributed by atoms with Gasteiger partial charge >= 0.3 is 6.30 Å². The number of ether oxygens (including phenoxy) is 1. The molecule has 0 saturated carbocycles. The number of halogens is 4. The molecular weight excluding hydrogens is 494 g/mol. The van der Waals surface area contributed by atoms with Gasteiger partial charge in [0.1, 0.15) is 22.9 Å². The first-order valence-electron chi connectivity index (χ1n) is 10.8. The van der Waals surface area contributed by atoms with Gasteiger partial charge in [-0.1, -0.05) is 12.1 Å². The molecule has 0 aliphatic heterocycles. The van der Waals surface area contributed by atoms with Crippen LogP contribution in [0.2, 0.25) is 0 Å². The van der Waals surface area contributed by atoms with Crippen molar-refractivity contribution in [1.29, 1.82) is 0 Å². The van der Waals surface area contributed by atoms with Crippen LogP contribution in [0.15, 0.2) is 55.2 Å². The minimum absolute atomic E-state index is 0.0437. The van der Waals surface area contributed by atoms with Gasteiger partial charge in [0.2, 0.25) is 0 Å². The zero-order valence-corrected chi connectivity index (χ0v) is 19.5. The molecular formula is C24H19F4N7O2. The number of amides is 1. The van der Waals surface area contributed by atoms with Crippen molar-refractivity contribution >= 4 is 28.3 Å². The predicted molar refractivity (Wildman–Crippen MR) is 126 cm³/mol. The number of hydrogen-bond acceptors (Lipinski definition) is 6. The number of rotatable bonds is 5. The minimum Gasteiger partial charge on any atom is -0.496 e. The SMILES string of the molecule is COc1cc(-c2cnn(C(F)(F)F)c2)ccc1CN(C)C(=O)c1cc2c(cc1F)nc(N)c1cncn12. The highest BCUT2D eigenvalue weighted by molar-refractivity contribution is 5.98. The lowest BCUT2D eigenvalue weighted by atomic mass is 10.1. The Kier molecular flexibility index (Phi) is 5.69. The molecule has 5 rings (SSSR count). The standard InChI is InChI=1S/C24H19F4N7O2/c1-33(10-14-4-3-13(5-21(14)37-2)15-8-31-35(11-15)24(26,27)28)23(36)16-6-19-18(7-17(16)25)32-22(29)20-9-30-12-34(19)20/h3-9,11-12H,10H2,1-2H3,(H2,29,32). The number of alkyl halides is 3. The Bertz CT molecular complexity index is 1660. The smallest absolute Gasteiger partial charge is 0.496 e. The average molecular weight is 513 g/mol. The summed E-state index contributed by atoms with van der Waals surface area (Å²) in [4.78, 5) is 22.7. The first-order valence-corrected chi connectivity index (χ1v) is 10.8. The topological polar surface area (TPSA) is 104 Å². The molecule has 3 aromatic heterocycles. The molecule has 9 nitrogen and oxygen atoms in total. The summed E-state index contributed by atoms with van der Waals surface area (Å²) in [7, 11) is 2.91. The third-order valence-corrected chi connectivity index (χ3v) is 5.91.